The van der Waals surface area contributed by atoms with E-state index < -0.39 is 0 Å². The van der Waals surface area contributed by atoms with Crippen LogP contribution in [0.2, 0.25) is 10.0 Å². The van der Waals surface area contributed by atoms with Crippen LogP contribution < -0.4 is 4.80 Å². The van der Waals surface area contributed by atoms with E-state index in [0.29, 0.717) is 10.0 Å². The molecule has 1 aromatic heterocycles. The Labute approximate surface area is 164 Å². The molecule has 0 aliphatic heterocycles. The number of nitrogens with zero attached hydrogens (tertiary/aromatic N) is 3. The van der Waals surface area contributed by atoms with E-state index in [1.165, 1.54) is 16.2 Å². The summed E-state index contributed by atoms with van der Waals surface area (Å²) in [4.78, 5) is 6.33. The highest BCUT2D eigenvalue weighted by Crippen LogP contribution is 2.28. The van der Waals surface area contributed by atoms with E-state index in [1.807, 2.05) is 40.5 Å². The van der Waals surface area contributed by atoms with Crippen molar-refractivity contribution in [2.45, 2.75) is 4.90 Å². The van der Waals surface area contributed by atoms with Gasteiger partial charge in [-0.15, -0.1) is 23.1 Å². The van der Waals surface area contributed by atoms with Gasteiger partial charge in [0.15, 0.2) is 0 Å². The van der Waals surface area contributed by atoms with Crippen LogP contribution in [0.5, 0.6) is 0 Å². The Kier molecular flexibility index (Phi) is 6.02. The van der Waals surface area contributed by atoms with Crippen molar-refractivity contribution >= 4 is 52.5 Å². The van der Waals surface area contributed by atoms with Crippen molar-refractivity contribution in [1.82, 2.24) is 4.68 Å². The second-order valence-electron chi connectivity index (χ2n) is 5.09. The molecule has 0 atom stereocenters. The van der Waals surface area contributed by atoms with Crippen LogP contribution in [-0.4, -0.2) is 24.2 Å². The Hall–Kier alpha value is -1.53. The lowest BCUT2D eigenvalue weighted by Gasteiger charge is -2.05. The molecule has 0 N–H and O–H groups in total. The molecule has 0 amide bonds. The number of halogens is 2. The number of hydrogen-bond acceptors (Lipinski definition) is 4. The maximum absolute atomic E-state index is 6.16. The van der Waals surface area contributed by atoms with Gasteiger partial charge in [0.05, 0.1) is 22.0 Å². The van der Waals surface area contributed by atoms with Crippen molar-refractivity contribution < 1.29 is 0 Å². The van der Waals surface area contributed by atoms with Crippen molar-refractivity contribution in [1.29, 1.82) is 0 Å². The maximum atomic E-state index is 6.16. The molecule has 0 bridgehead atoms. The quantitative estimate of drug-likeness (QED) is 0.405. The predicted octanol–water partition coefficient (Wildman–Crippen LogP) is 5.66. The SMILES string of the molecule is CN=c1scc(-c2ccc(Cl)c(Cl)c2)n1/N=C/c1ccc(SC)cc1. The average Bonchev–Trinajstić information content (AvgIpc) is 3.05. The van der Waals surface area contributed by atoms with Crippen molar-refractivity contribution in [2.24, 2.45) is 10.1 Å². The van der Waals surface area contributed by atoms with Gasteiger partial charge in [-0.25, -0.2) is 4.68 Å². The molecule has 0 aliphatic carbocycles. The molecule has 0 spiro atoms. The van der Waals surface area contributed by atoms with Gasteiger partial charge in [0, 0.05) is 22.9 Å². The molecule has 3 aromatic rings. The Morgan fingerprint density at radius 3 is 2.48 bits per heavy atom. The second-order valence-corrected chi connectivity index (χ2v) is 7.62. The van der Waals surface area contributed by atoms with Gasteiger partial charge in [-0.1, -0.05) is 41.4 Å². The highest BCUT2D eigenvalue weighted by atomic mass is 35.5. The highest BCUT2D eigenvalue weighted by Gasteiger charge is 2.09. The van der Waals surface area contributed by atoms with E-state index in [1.54, 1.807) is 24.9 Å². The number of thiazole rings is 1. The number of benzene rings is 2. The smallest absolute Gasteiger partial charge is 0.205 e. The standard InChI is InChI=1S/C18H15Cl2N3S2/c1-21-18-23(22-10-12-3-6-14(24-2)7-4-12)17(11-25-18)13-5-8-15(19)16(20)9-13/h3-11H,1-2H3/b21-18?,22-10+. The van der Waals surface area contributed by atoms with Crippen LogP contribution in [0.15, 0.2) is 62.8 Å². The first-order chi connectivity index (χ1) is 12.1. The van der Waals surface area contributed by atoms with Gasteiger partial charge >= 0.3 is 0 Å². The van der Waals surface area contributed by atoms with Gasteiger partial charge in [-0.05, 0) is 36.1 Å². The highest BCUT2D eigenvalue weighted by molar-refractivity contribution is 7.98. The summed E-state index contributed by atoms with van der Waals surface area (Å²) >= 11 is 15.4. The summed E-state index contributed by atoms with van der Waals surface area (Å²) in [5, 5.41) is 7.68. The van der Waals surface area contributed by atoms with Crippen molar-refractivity contribution in [3.05, 3.63) is 68.3 Å². The van der Waals surface area contributed by atoms with Crippen molar-refractivity contribution in [3.8, 4) is 11.3 Å². The molecule has 7 heteroatoms. The van der Waals surface area contributed by atoms with Gasteiger partial charge in [0.1, 0.15) is 0 Å². The second kappa shape index (κ2) is 8.23. The number of hydrogen-bond donors (Lipinski definition) is 0. The first-order valence-electron chi connectivity index (χ1n) is 7.39. The van der Waals surface area contributed by atoms with Crippen LogP contribution in [0.3, 0.4) is 0 Å². The van der Waals surface area contributed by atoms with Gasteiger partial charge in [-0.2, -0.15) is 5.10 Å². The molecule has 0 unspecified atom stereocenters. The third kappa shape index (κ3) is 4.18. The summed E-state index contributed by atoms with van der Waals surface area (Å²) in [7, 11) is 1.75. The molecule has 25 heavy (non-hydrogen) atoms. The van der Waals surface area contributed by atoms with Gasteiger partial charge in [-0.3, -0.25) is 4.99 Å². The molecule has 0 saturated carbocycles. The van der Waals surface area contributed by atoms with E-state index in [2.05, 4.69) is 28.5 Å². The molecule has 2 aromatic carbocycles. The van der Waals surface area contributed by atoms with E-state index in [9.17, 15) is 0 Å². The zero-order valence-corrected chi connectivity index (χ0v) is 16.8. The molecular formula is C18H15Cl2N3S2. The first kappa shape index (κ1) is 18.3. The zero-order valence-electron chi connectivity index (χ0n) is 13.6. The molecule has 3 nitrogen and oxygen atoms in total. The summed E-state index contributed by atoms with van der Waals surface area (Å²) < 4.78 is 1.81. The van der Waals surface area contributed by atoms with Crippen LogP contribution in [-0.2, 0) is 0 Å². The first-order valence-corrected chi connectivity index (χ1v) is 10.3. The topological polar surface area (TPSA) is 29.6 Å². The summed E-state index contributed by atoms with van der Waals surface area (Å²) in [5.41, 5.74) is 2.88. The minimum atomic E-state index is 0.517. The van der Waals surface area contributed by atoms with E-state index in [4.69, 9.17) is 23.2 Å². The third-order valence-corrected chi connectivity index (χ3v) is 5.92. The predicted molar refractivity (Wildman–Crippen MR) is 110 cm³/mol. The molecule has 0 fully saturated rings. The van der Waals surface area contributed by atoms with Gasteiger partial charge < -0.3 is 0 Å². The van der Waals surface area contributed by atoms with E-state index in [0.717, 1.165) is 21.6 Å². The van der Waals surface area contributed by atoms with Crippen LogP contribution >= 0.6 is 46.3 Å². The summed E-state index contributed by atoms with van der Waals surface area (Å²) in [6.45, 7) is 0. The van der Waals surface area contributed by atoms with Crippen LogP contribution in [0.4, 0.5) is 0 Å². The molecule has 1 heterocycles. The fraction of sp³-hybridized carbons (Fsp3) is 0.111. The van der Waals surface area contributed by atoms with Gasteiger partial charge in [0.25, 0.3) is 0 Å². The Morgan fingerprint density at radius 2 is 1.84 bits per heavy atom. The number of thioether (sulfide) groups is 1. The fourth-order valence-electron chi connectivity index (χ4n) is 2.23. The molecule has 0 saturated heterocycles. The lowest BCUT2D eigenvalue weighted by molar-refractivity contribution is 0.848. The largest absolute Gasteiger partial charge is 0.261 e. The molecule has 3 rings (SSSR count). The maximum Gasteiger partial charge on any atom is 0.205 e. The van der Waals surface area contributed by atoms with Crippen LogP contribution in [0, 0.1) is 0 Å². The lowest BCUT2D eigenvalue weighted by atomic mass is 10.2. The zero-order chi connectivity index (χ0) is 17.8. The van der Waals surface area contributed by atoms with E-state index in [-0.39, 0.29) is 0 Å². The monoisotopic (exact) mass is 407 g/mol. The fourth-order valence-corrected chi connectivity index (χ4v) is 3.74. The average molecular weight is 408 g/mol. The van der Waals surface area contributed by atoms with Crippen molar-refractivity contribution in [3.63, 3.8) is 0 Å². The minimum Gasteiger partial charge on any atom is -0.261 e. The molecule has 0 radical (unpaired) electrons. The Morgan fingerprint density at radius 1 is 1.08 bits per heavy atom. The summed E-state index contributed by atoms with van der Waals surface area (Å²) in [6.07, 6.45) is 3.88. The van der Waals surface area contributed by atoms with Crippen LogP contribution in [0.25, 0.3) is 11.3 Å². The summed E-state index contributed by atoms with van der Waals surface area (Å²) in [5.74, 6) is 0. The normalized spacial score (nSPS) is 12.2. The van der Waals surface area contributed by atoms with E-state index >= 15 is 0 Å². The van der Waals surface area contributed by atoms with Crippen molar-refractivity contribution in [2.75, 3.05) is 13.3 Å². The summed E-state index contributed by atoms with van der Waals surface area (Å²) in [6, 6.07) is 13.8. The molecular weight excluding hydrogens is 393 g/mol. The number of aromatic nitrogens is 1. The third-order valence-electron chi connectivity index (χ3n) is 3.53. The van der Waals surface area contributed by atoms with Crippen LogP contribution in [0.1, 0.15) is 5.56 Å². The molecule has 128 valence electrons. The minimum absolute atomic E-state index is 0.517. The Bertz CT molecular complexity index is 973. The molecule has 0 aliphatic rings. The number of rotatable bonds is 4. The lowest BCUT2D eigenvalue weighted by Crippen LogP contribution is -2.11. The Balaban J connectivity index is 2.01. The van der Waals surface area contributed by atoms with Gasteiger partial charge in [0.2, 0.25) is 4.80 Å².